The van der Waals surface area contributed by atoms with Crippen LogP contribution in [0.1, 0.15) is 36.8 Å². The van der Waals surface area contributed by atoms with E-state index in [0.717, 1.165) is 13.0 Å². The number of rotatable bonds is 1. The Labute approximate surface area is 96.5 Å². The zero-order valence-corrected chi connectivity index (χ0v) is 9.58. The van der Waals surface area contributed by atoms with Crippen LogP contribution in [-0.2, 0) is 11.8 Å². The highest BCUT2D eigenvalue weighted by Crippen LogP contribution is 2.54. The highest BCUT2D eigenvalue weighted by molar-refractivity contribution is 5.43. The molecule has 0 saturated heterocycles. The second-order valence-corrected chi connectivity index (χ2v) is 5.32. The van der Waals surface area contributed by atoms with E-state index < -0.39 is 0 Å². The first-order valence-corrected chi connectivity index (χ1v) is 6.29. The molecule has 2 nitrogen and oxygen atoms in total. The van der Waals surface area contributed by atoms with Crippen LogP contribution in [0, 0.1) is 5.92 Å². The highest BCUT2D eigenvalue weighted by atomic mass is 16.3. The van der Waals surface area contributed by atoms with Crippen molar-refractivity contribution < 1.29 is 5.11 Å². The number of phenols is 1. The average Bonchev–Trinajstić information content (AvgIpc) is 2.24. The van der Waals surface area contributed by atoms with Gasteiger partial charge in [-0.15, -0.1) is 0 Å². The van der Waals surface area contributed by atoms with Crippen LogP contribution in [-0.4, -0.2) is 11.7 Å². The number of hydrogen-bond donors (Lipinski definition) is 2. The van der Waals surface area contributed by atoms with Crippen LogP contribution in [0.15, 0.2) is 18.2 Å². The van der Waals surface area contributed by atoms with Gasteiger partial charge in [-0.3, -0.25) is 0 Å². The van der Waals surface area contributed by atoms with E-state index in [2.05, 4.69) is 6.07 Å². The molecule has 0 aliphatic heterocycles. The second-order valence-electron chi connectivity index (χ2n) is 5.32. The summed E-state index contributed by atoms with van der Waals surface area (Å²) in [6.45, 7) is 0.806. The van der Waals surface area contributed by atoms with Gasteiger partial charge in [0.1, 0.15) is 5.75 Å². The summed E-state index contributed by atoms with van der Waals surface area (Å²) in [5, 5.41) is 9.55. The molecule has 1 aromatic rings. The van der Waals surface area contributed by atoms with Crippen molar-refractivity contribution in [1.29, 1.82) is 0 Å². The smallest absolute Gasteiger partial charge is 0.115 e. The molecule has 0 amide bonds. The van der Waals surface area contributed by atoms with E-state index in [1.54, 1.807) is 0 Å². The Morgan fingerprint density at radius 2 is 2.19 bits per heavy atom. The van der Waals surface area contributed by atoms with Crippen LogP contribution in [0.4, 0.5) is 0 Å². The molecule has 86 valence electrons. The van der Waals surface area contributed by atoms with Crippen molar-refractivity contribution in [1.82, 2.24) is 0 Å². The van der Waals surface area contributed by atoms with E-state index in [0.29, 0.717) is 17.1 Å². The molecule has 0 radical (unpaired) electrons. The molecular weight excluding hydrogens is 198 g/mol. The van der Waals surface area contributed by atoms with Crippen molar-refractivity contribution in [3.63, 3.8) is 0 Å². The summed E-state index contributed by atoms with van der Waals surface area (Å²) in [4.78, 5) is 0. The number of nitrogens with two attached hydrogens (primary N) is 1. The lowest BCUT2D eigenvalue weighted by molar-refractivity contribution is 0.129. The number of benzene rings is 1. The topological polar surface area (TPSA) is 46.2 Å². The Bertz CT molecular complexity index is 409. The minimum Gasteiger partial charge on any atom is -0.508 e. The molecular formula is C14H19NO. The van der Waals surface area contributed by atoms with Crippen LogP contribution in [0.5, 0.6) is 5.75 Å². The van der Waals surface area contributed by atoms with Crippen molar-refractivity contribution >= 4 is 0 Å². The molecule has 0 bridgehead atoms. The Balaban J connectivity index is 2.08. The quantitative estimate of drug-likeness (QED) is 0.758. The fourth-order valence-corrected chi connectivity index (χ4v) is 3.68. The molecule has 1 saturated carbocycles. The second kappa shape index (κ2) is 3.49. The number of hydrogen-bond acceptors (Lipinski definition) is 2. The van der Waals surface area contributed by atoms with Gasteiger partial charge in [0.05, 0.1) is 0 Å². The summed E-state index contributed by atoms with van der Waals surface area (Å²) in [6.07, 6.45) is 6.16. The van der Waals surface area contributed by atoms with Crippen molar-refractivity contribution in [3.05, 3.63) is 29.3 Å². The maximum Gasteiger partial charge on any atom is 0.115 e. The SMILES string of the molecule is NCC1CCc2cc(O)ccc2C12CCC2. The van der Waals surface area contributed by atoms with Gasteiger partial charge >= 0.3 is 0 Å². The molecule has 16 heavy (non-hydrogen) atoms. The Hall–Kier alpha value is -1.02. The van der Waals surface area contributed by atoms with Crippen molar-refractivity contribution in [2.45, 2.75) is 37.5 Å². The van der Waals surface area contributed by atoms with E-state index in [4.69, 9.17) is 5.73 Å². The molecule has 1 unspecified atom stereocenters. The summed E-state index contributed by atoms with van der Waals surface area (Å²) < 4.78 is 0. The van der Waals surface area contributed by atoms with E-state index in [1.165, 1.54) is 36.8 Å². The normalized spacial score (nSPS) is 26.2. The predicted molar refractivity (Wildman–Crippen MR) is 64.5 cm³/mol. The van der Waals surface area contributed by atoms with E-state index in [1.807, 2.05) is 12.1 Å². The average molecular weight is 217 g/mol. The van der Waals surface area contributed by atoms with Crippen LogP contribution >= 0.6 is 0 Å². The molecule has 1 fully saturated rings. The summed E-state index contributed by atoms with van der Waals surface area (Å²) in [7, 11) is 0. The molecule has 1 atom stereocenters. The van der Waals surface area contributed by atoms with Gasteiger partial charge in [0.15, 0.2) is 0 Å². The monoisotopic (exact) mass is 217 g/mol. The fourth-order valence-electron chi connectivity index (χ4n) is 3.68. The molecule has 3 N–H and O–H groups in total. The molecule has 0 aromatic heterocycles. The molecule has 2 heteroatoms. The third-order valence-electron chi connectivity index (χ3n) is 4.70. The van der Waals surface area contributed by atoms with Crippen molar-refractivity contribution in [2.24, 2.45) is 11.7 Å². The lowest BCUT2D eigenvalue weighted by Crippen LogP contribution is -2.48. The Morgan fingerprint density at radius 3 is 2.81 bits per heavy atom. The van der Waals surface area contributed by atoms with Crippen molar-refractivity contribution in [2.75, 3.05) is 6.54 Å². The van der Waals surface area contributed by atoms with Crippen LogP contribution < -0.4 is 5.73 Å². The molecule has 1 aromatic carbocycles. The zero-order valence-electron chi connectivity index (χ0n) is 9.58. The summed E-state index contributed by atoms with van der Waals surface area (Å²) in [6, 6.07) is 5.91. The van der Waals surface area contributed by atoms with Gasteiger partial charge in [0.25, 0.3) is 0 Å². The molecule has 3 rings (SSSR count). The predicted octanol–water partition coefficient (Wildman–Crippen LogP) is 2.34. The minimum atomic E-state index is 0.357. The Morgan fingerprint density at radius 1 is 1.38 bits per heavy atom. The maximum atomic E-state index is 9.55. The van der Waals surface area contributed by atoms with E-state index >= 15 is 0 Å². The summed E-state index contributed by atoms with van der Waals surface area (Å²) in [5.41, 5.74) is 9.11. The number of phenolic OH excluding ortho intramolecular Hbond substituents is 1. The minimum absolute atomic E-state index is 0.357. The summed E-state index contributed by atoms with van der Waals surface area (Å²) in [5.74, 6) is 1.05. The van der Waals surface area contributed by atoms with Gasteiger partial charge in [-0.05, 0) is 66.8 Å². The number of fused-ring (bicyclic) bond motifs is 2. The van der Waals surface area contributed by atoms with Crippen molar-refractivity contribution in [3.8, 4) is 5.75 Å². The van der Waals surface area contributed by atoms with E-state index in [9.17, 15) is 5.11 Å². The zero-order chi connectivity index (χ0) is 11.2. The number of aryl methyl sites for hydroxylation is 1. The van der Waals surface area contributed by atoms with E-state index in [-0.39, 0.29) is 0 Å². The maximum absolute atomic E-state index is 9.55. The first-order chi connectivity index (χ1) is 7.76. The van der Waals surface area contributed by atoms with Crippen LogP contribution in [0.2, 0.25) is 0 Å². The third kappa shape index (κ3) is 1.23. The van der Waals surface area contributed by atoms with Crippen LogP contribution in [0.25, 0.3) is 0 Å². The molecule has 2 aliphatic carbocycles. The first-order valence-electron chi connectivity index (χ1n) is 6.29. The van der Waals surface area contributed by atoms with Gasteiger partial charge in [0.2, 0.25) is 0 Å². The fraction of sp³-hybridized carbons (Fsp3) is 0.571. The molecule has 1 spiro atoms. The standard InChI is InChI=1S/C14H19NO/c15-9-11-3-2-10-8-12(16)4-5-13(10)14(11)6-1-7-14/h4-5,8,11,16H,1-3,6-7,9,15H2. The van der Waals surface area contributed by atoms with Gasteiger partial charge < -0.3 is 10.8 Å². The lowest BCUT2D eigenvalue weighted by Gasteiger charge is -2.51. The number of aromatic hydroxyl groups is 1. The van der Waals surface area contributed by atoms with Gasteiger partial charge in [-0.25, -0.2) is 0 Å². The molecule has 2 aliphatic rings. The lowest BCUT2D eigenvalue weighted by atomic mass is 9.53. The van der Waals surface area contributed by atoms with Gasteiger partial charge in [-0.2, -0.15) is 0 Å². The molecule has 0 heterocycles. The highest BCUT2D eigenvalue weighted by Gasteiger charge is 2.47. The van der Waals surface area contributed by atoms with Gasteiger partial charge in [0, 0.05) is 0 Å². The van der Waals surface area contributed by atoms with Crippen LogP contribution in [0.3, 0.4) is 0 Å². The first kappa shape index (κ1) is 10.2. The third-order valence-corrected chi connectivity index (χ3v) is 4.70. The largest absolute Gasteiger partial charge is 0.508 e. The summed E-state index contributed by atoms with van der Waals surface area (Å²) >= 11 is 0. The Kier molecular flexibility index (Phi) is 2.21. The van der Waals surface area contributed by atoms with Gasteiger partial charge in [-0.1, -0.05) is 12.5 Å².